The van der Waals surface area contributed by atoms with E-state index >= 15 is 0 Å². The fourth-order valence-corrected chi connectivity index (χ4v) is 10.8. The zero-order chi connectivity index (χ0) is 55.6. The lowest BCUT2D eigenvalue weighted by Gasteiger charge is -2.28. The van der Waals surface area contributed by atoms with Crippen molar-refractivity contribution in [1.29, 1.82) is 0 Å². The largest absolute Gasteiger partial charge is 0.354 e. The van der Waals surface area contributed by atoms with E-state index in [2.05, 4.69) is 334 Å². The van der Waals surface area contributed by atoms with Crippen molar-refractivity contribution in [2.75, 3.05) is 10.6 Å². The molecule has 2 nitrogen and oxygen atoms in total. The van der Waals surface area contributed by atoms with Gasteiger partial charge in [-0.15, -0.1) is 0 Å². The highest BCUT2D eigenvalue weighted by Gasteiger charge is 2.26. The van der Waals surface area contributed by atoms with Crippen LogP contribution in [-0.2, 0) is 16.2 Å². The maximum atomic E-state index is 4.21. The maximum Gasteiger partial charge on any atom is 0.0543 e. The minimum absolute atomic E-state index is 0.140. The fourth-order valence-electron chi connectivity index (χ4n) is 10.8. The molecule has 0 aliphatic heterocycles. The van der Waals surface area contributed by atoms with Gasteiger partial charge in [0, 0.05) is 33.6 Å². The van der Waals surface area contributed by atoms with Crippen molar-refractivity contribution in [2.45, 2.75) is 78.6 Å². The molecule has 11 rings (SSSR count). The molecule has 0 saturated heterocycles. The monoisotopic (exact) mass is 1040 g/mol. The Labute approximate surface area is 475 Å². The summed E-state index contributed by atoms with van der Waals surface area (Å²) in [5, 5.41) is 8.41. The molecule has 11 aromatic rings. The summed E-state index contributed by atoms with van der Waals surface area (Å²) >= 11 is 0. The standard InChI is InChI=1S/C78H72N2/c1-76(2,3)65-46-68(79-74-70(61-38-22-34-57(42-61)53-26-14-10-15-27-53)48-66(77(4,5)6)49-71(74)62-39-23-35-58(43-62)54-28-16-11-17-29-54)52-69(47-65)80-75-72(63-40-24-36-59(44-63)55-30-18-12-19-31-55)50-67(78(7,8)9)51-73(75)64-41-25-37-60(45-64)56-32-20-13-21-33-56/h10-52,79-80H,1-9H3. The van der Waals surface area contributed by atoms with E-state index in [0.29, 0.717) is 0 Å². The number of anilines is 4. The molecule has 0 atom stereocenters. The van der Waals surface area contributed by atoms with Crippen LogP contribution >= 0.6 is 0 Å². The van der Waals surface area contributed by atoms with E-state index in [1.807, 2.05) is 0 Å². The van der Waals surface area contributed by atoms with Crippen molar-refractivity contribution in [1.82, 2.24) is 0 Å². The number of hydrogen-bond donors (Lipinski definition) is 2. The summed E-state index contributed by atoms with van der Waals surface area (Å²) in [7, 11) is 0. The third kappa shape index (κ3) is 11.7. The van der Waals surface area contributed by atoms with Crippen molar-refractivity contribution in [3.63, 3.8) is 0 Å². The molecular formula is C78H72N2. The van der Waals surface area contributed by atoms with Gasteiger partial charge in [-0.25, -0.2) is 0 Å². The highest BCUT2D eigenvalue weighted by molar-refractivity contribution is 5.98. The zero-order valence-electron chi connectivity index (χ0n) is 47.8. The summed E-state index contributed by atoms with van der Waals surface area (Å²) < 4.78 is 0. The summed E-state index contributed by atoms with van der Waals surface area (Å²) in [6.45, 7) is 20.9. The van der Waals surface area contributed by atoms with Crippen LogP contribution in [0.2, 0.25) is 0 Å². The minimum atomic E-state index is -0.195. The van der Waals surface area contributed by atoms with Gasteiger partial charge in [0.25, 0.3) is 0 Å². The average molecular weight is 1040 g/mol. The average Bonchev–Trinajstić information content (AvgIpc) is 3.56. The molecule has 0 heterocycles. The molecule has 0 amide bonds. The van der Waals surface area contributed by atoms with Crippen LogP contribution in [0.1, 0.15) is 79.0 Å². The Morgan fingerprint density at radius 2 is 0.412 bits per heavy atom. The molecular weight excluding hydrogens is 965 g/mol. The highest BCUT2D eigenvalue weighted by atomic mass is 14.9. The first-order chi connectivity index (χ1) is 38.5. The molecule has 11 aromatic carbocycles. The Balaban J connectivity index is 1.14. The third-order valence-corrected chi connectivity index (χ3v) is 15.5. The molecule has 0 saturated carbocycles. The van der Waals surface area contributed by atoms with Crippen molar-refractivity contribution in [3.8, 4) is 89.0 Å². The molecule has 0 bridgehead atoms. The van der Waals surface area contributed by atoms with E-state index in [9.17, 15) is 0 Å². The Morgan fingerprint density at radius 3 is 0.650 bits per heavy atom. The second-order valence-electron chi connectivity index (χ2n) is 24.5. The van der Waals surface area contributed by atoms with Gasteiger partial charge in [0.2, 0.25) is 0 Å². The number of nitrogens with one attached hydrogen (secondary N) is 2. The summed E-state index contributed by atoms with van der Waals surface area (Å²) in [6.07, 6.45) is 0. The smallest absolute Gasteiger partial charge is 0.0543 e. The molecule has 0 aliphatic carbocycles. The van der Waals surface area contributed by atoms with E-state index in [-0.39, 0.29) is 16.2 Å². The summed E-state index contributed by atoms with van der Waals surface area (Å²) in [4.78, 5) is 0. The van der Waals surface area contributed by atoms with Gasteiger partial charge >= 0.3 is 0 Å². The minimum Gasteiger partial charge on any atom is -0.354 e. The predicted octanol–water partition coefficient (Wildman–Crippen LogP) is 22.4. The van der Waals surface area contributed by atoms with Crippen molar-refractivity contribution in [3.05, 3.63) is 278 Å². The highest BCUT2D eigenvalue weighted by Crippen LogP contribution is 2.48. The Hall–Kier alpha value is -8.98. The molecule has 2 heteroatoms. The third-order valence-electron chi connectivity index (χ3n) is 15.5. The van der Waals surface area contributed by atoms with Crippen LogP contribution in [0, 0.1) is 0 Å². The van der Waals surface area contributed by atoms with E-state index in [1.54, 1.807) is 0 Å². The van der Waals surface area contributed by atoms with Crippen LogP contribution in [0.3, 0.4) is 0 Å². The molecule has 0 fully saturated rings. The van der Waals surface area contributed by atoms with Crippen LogP contribution in [0.4, 0.5) is 22.7 Å². The molecule has 2 N–H and O–H groups in total. The van der Waals surface area contributed by atoms with Gasteiger partial charge in [-0.1, -0.05) is 256 Å². The van der Waals surface area contributed by atoms with Crippen LogP contribution in [-0.4, -0.2) is 0 Å². The lowest BCUT2D eigenvalue weighted by molar-refractivity contribution is 0.590. The number of hydrogen-bond acceptors (Lipinski definition) is 2. The molecule has 80 heavy (non-hydrogen) atoms. The second-order valence-corrected chi connectivity index (χ2v) is 24.5. The zero-order valence-corrected chi connectivity index (χ0v) is 47.8. The van der Waals surface area contributed by atoms with Crippen LogP contribution in [0.15, 0.2) is 261 Å². The molecule has 0 radical (unpaired) electrons. The van der Waals surface area contributed by atoms with Crippen LogP contribution in [0.5, 0.6) is 0 Å². The number of benzene rings is 11. The summed E-state index contributed by atoms with van der Waals surface area (Å²) in [6, 6.07) is 95.8. The Morgan fingerprint density at radius 1 is 0.200 bits per heavy atom. The van der Waals surface area contributed by atoms with Gasteiger partial charge in [-0.3, -0.25) is 0 Å². The molecule has 0 spiro atoms. The van der Waals surface area contributed by atoms with Gasteiger partial charge in [-0.2, -0.15) is 0 Å². The first kappa shape index (κ1) is 53.0. The lowest BCUT2D eigenvalue weighted by Crippen LogP contribution is -2.14. The van der Waals surface area contributed by atoms with Gasteiger partial charge in [0.1, 0.15) is 0 Å². The fraction of sp³-hybridized carbons (Fsp3) is 0.154. The quantitative estimate of drug-likeness (QED) is 0.127. The van der Waals surface area contributed by atoms with Gasteiger partial charge in [0.15, 0.2) is 0 Å². The van der Waals surface area contributed by atoms with E-state index in [4.69, 9.17) is 0 Å². The van der Waals surface area contributed by atoms with E-state index < -0.39 is 0 Å². The first-order valence-corrected chi connectivity index (χ1v) is 28.2. The Kier molecular flexibility index (Phi) is 14.6. The summed E-state index contributed by atoms with van der Waals surface area (Å²) in [5.41, 5.74) is 26.0. The SMILES string of the molecule is CC(C)(C)c1cc(Nc2c(-c3cccc(-c4ccccc4)c3)cc(C(C)(C)C)cc2-c2cccc(-c3ccccc3)c2)cc(Nc2c(-c3cccc(-c4ccccc4)c3)cc(C(C)(C)C)cc2-c2cccc(-c3ccccc3)c2)c1. The number of rotatable bonds is 12. The molecule has 0 aliphatic rings. The molecule has 0 aromatic heterocycles. The van der Waals surface area contributed by atoms with Gasteiger partial charge in [-0.05, 0) is 166 Å². The van der Waals surface area contributed by atoms with Gasteiger partial charge in [0.05, 0.1) is 11.4 Å². The molecule has 394 valence electrons. The normalized spacial score (nSPS) is 11.8. The van der Waals surface area contributed by atoms with Crippen LogP contribution < -0.4 is 10.6 Å². The first-order valence-electron chi connectivity index (χ1n) is 28.2. The van der Waals surface area contributed by atoms with Gasteiger partial charge < -0.3 is 10.6 Å². The van der Waals surface area contributed by atoms with E-state index in [1.165, 1.54) is 61.2 Å². The lowest BCUT2D eigenvalue weighted by atomic mass is 9.81. The van der Waals surface area contributed by atoms with Crippen molar-refractivity contribution < 1.29 is 0 Å². The predicted molar refractivity (Wildman–Crippen MR) is 345 cm³/mol. The van der Waals surface area contributed by atoms with Crippen molar-refractivity contribution in [2.24, 2.45) is 0 Å². The topological polar surface area (TPSA) is 24.1 Å². The van der Waals surface area contributed by atoms with Crippen molar-refractivity contribution >= 4 is 22.7 Å². The maximum absolute atomic E-state index is 4.21. The second kappa shape index (κ2) is 22.0. The van der Waals surface area contributed by atoms with Crippen LogP contribution in [0.25, 0.3) is 89.0 Å². The Bertz CT molecular complexity index is 3500. The van der Waals surface area contributed by atoms with E-state index in [0.717, 1.165) is 67.3 Å². The molecule has 0 unspecified atom stereocenters. The summed E-state index contributed by atoms with van der Waals surface area (Å²) in [5.74, 6) is 0.